The fraction of sp³-hybridized carbons (Fsp3) is 0.500. The first-order valence-electron chi connectivity index (χ1n) is 4.99. The third kappa shape index (κ3) is 3.44. The van der Waals surface area contributed by atoms with E-state index in [4.69, 9.17) is 5.73 Å². The molecule has 2 unspecified atom stereocenters. The Morgan fingerprint density at radius 2 is 2.18 bits per heavy atom. The molecule has 0 amide bonds. The second-order valence-corrected chi connectivity index (χ2v) is 6.32. The van der Waals surface area contributed by atoms with Crippen LogP contribution in [-0.4, -0.2) is 22.1 Å². The van der Waals surface area contributed by atoms with Gasteiger partial charge < -0.3 is 5.73 Å². The minimum Gasteiger partial charge on any atom is -0.312 e. The normalized spacial score (nSPS) is 16.6. The number of nitrogens with zero attached hydrogens (tertiary/aromatic N) is 2. The first-order valence-corrected chi connectivity index (χ1v) is 6.98. The SMILES string of the molecule is CC(c1ccc(C(F)F)nc1)S(C)(=O)=NCN. The van der Waals surface area contributed by atoms with Gasteiger partial charge in [-0.2, -0.15) is 0 Å². The minimum absolute atomic E-state index is 0.0256. The number of nitrogens with two attached hydrogens (primary N) is 1. The number of aromatic nitrogens is 1. The van der Waals surface area contributed by atoms with E-state index in [1.165, 1.54) is 24.6 Å². The van der Waals surface area contributed by atoms with Crippen molar-refractivity contribution >= 4 is 9.73 Å². The molecule has 1 rings (SSSR count). The minimum atomic E-state index is -2.60. The largest absolute Gasteiger partial charge is 0.312 e. The quantitative estimate of drug-likeness (QED) is 0.904. The van der Waals surface area contributed by atoms with Crippen LogP contribution in [0.15, 0.2) is 22.7 Å². The molecule has 1 aromatic rings. The van der Waals surface area contributed by atoms with Gasteiger partial charge in [0, 0.05) is 12.5 Å². The summed E-state index contributed by atoms with van der Waals surface area (Å²) in [5, 5.41) is -0.398. The van der Waals surface area contributed by atoms with Crippen LogP contribution < -0.4 is 5.73 Å². The van der Waals surface area contributed by atoms with Crippen molar-refractivity contribution in [3.63, 3.8) is 0 Å². The van der Waals surface area contributed by atoms with Gasteiger partial charge in [0.15, 0.2) is 0 Å². The summed E-state index contributed by atoms with van der Waals surface area (Å²) >= 11 is 0. The molecular weight excluding hydrogens is 248 g/mol. The maximum absolute atomic E-state index is 12.3. The van der Waals surface area contributed by atoms with Crippen LogP contribution in [0.25, 0.3) is 0 Å². The van der Waals surface area contributed by atoms with Gasteiger partial charge in [-0.05, 0) is 18.6 Å². The van der Waals surface area contributed by atoms with E-state index in [0.29, 0.717) is 5.56 Å². The molecule has 0 spiro atoms. The molecule has 0 aliphatic carbocycles. The Morgan fingerprint density at radius 1 is 1.53 bits per heavy atom. The molecule has 1 aromatic heterocycles. The number of rotatable bonds is 4. The second-order valence-electron chi connectivity index (χ2n) is 3.63. The molecule has 0 aliphatic heterocycles. The third-order valence-corrected chi connectivity index (χ3v) is 4.74. The Balaban J connectivity index is 3.02. The maximum atomic E-state index is 12.3. The first kappa shape index (κ1) is 14.0. The van der Waals surface area contributed by atoms with Crippen molar-refractivity contribution in [2.75, 3.05) is 12.9 Å². The Morgan fingerprint density at radius 3 is 2.59 bits per heavy atom. The van der Waals surface area contributed by atoms with Gasteiger partial charge in [-0.25, -0.2) is 17.4 Å². The zero-order valence-electron chi connectivity index (χ0n) is 9.64. The highest BCUT2D eigenvalue weighted by molar-refractivity contribution is 7.93. The molecule has 1 heterocycles. The van der Waals surface area contributed by atoms with E-state index < -0.39 is 21.4 Å². The Hall–Kier alpha value is -1.08. The number of alkyl halides is 2. The Labute approximate surface area is 99.4 Å². The summed E-state index contributed by atoms with van der Waals surface area (Å²) < 4.78 is 40.5. The van der Waals surface area contributed by atoms with Crippen LogP contribution in [0.3, 0.4) is 0 Å². The number of hydrogen-bond donors (Lipinski definition) is 1. The lowest BCUT2D eigenvalue weighted by Crippen LogP contribution is -2.11. The number of hydrogen-bond acceptors (Lipinski definition) is 4. The van der Waals surface area contributed by atoms with Crippen molar-refractivity contribution in [1.29, 1.82) is 0 Å². The van der Waals surface area contributed by atoms with E-state index in [-0.39, 0.29) is 12.4 Å². The van der Waals surface area contributed by atoms with Crippen LogP contribution in [-0.2, 0) is 9.73 Å². The molecule has 0 saturated carbocycles. The van der Waals surface area contributed by atoms with Crippen LogP contribution in [0.1, 0.15) is 29.9 Å². The van der Waals surface area contributed by atoms with Crippen molar-refractivity contribution in [2.45, 2.75) is 18.6 Å². The highest BCUT2D eigenvalue weighted by atomic mass is 32.2. The summed E-state index contributed by atoms with van der Waals surface area (Å²) in [7, 11) is -2.47. The summed E-state index contributed by atoms with van der Waals surface area (Å²) in [6.45, 7) is 1.68. The van der Waals surface area contributed by atoms with Gasteiger partial charge in [0.1, 0.15) is 5.69 Å². The van der Waals surface area contributed by atoms with Crippen LogP contribution >= 0.6 is 0 Å². The van der Waals surface area contributed by atoms with Gasteiger partial charge in [0.05, 0.1) is 21.6 Å². The molecule has 2 atom stereocenters. The molecule has 7 heteroatoms. The molecule has 96 valence electrons. The highest BCUT2D eigenvalue weighted by Crippen LogP contribution is 2.24. The van der Waals surface area contributed by atoms with E-state index >= 15 is 0 Å². The van der Waals surface area contributed by atoms with Gasteiger partial charge in [0.2, 0.25) is 0 Å². The Bertz CT molecular complexity index is 481. The molecule has 0 radical (unpaired) electrons. The van der Waals surface area contributed by atoms with Crippen molar-refractivity contribution in [3.8, 4) is 0 Å². The van der Waals surface area contributed by atoms with E-state index in [0.717, 1.165) is 0 Å². The van der Waals surface area contributed by atoms with Crippen LogP contribution in [0.2, 0.25) is 0 Å². The lowest BCUT2D eigenvalue weighted by Gasteiger charge is -2.14. The topological polar surface area (TPSA) is 68.3 Å². The molecule has 0 bridgehead atoms. The fourth-order valence-corrected chi connectivity index (χ4v) is 2.46. The smallest absolute Gasteiger partial charge is 0.280 e. The number of pyridine rings is 1. The predicted octanol–water partition coefficient (Wildman–Crippen LogP) is 2.09. The highest BCUT2D eigenvalue weighted by Gasteiger charge is 2.17. The number of halogens is 2. The fourth-order valence-electron chi connectivity index (χ4n) is 1.30. The molecule has 0 fully saturated rings. The van der Waals surface area contributed by atoms with Gasteiger partial charge in [-0.1, -0.05) is 6.07 Å². The van der Waals surface area contributed by atoms with Gasteiger partial charge >= 0.3 is 0 Å². The monoisotopic (exact) mass is 263 g/mol. The molecule has 0 saturated heterocycles. The summed E-state index contributed by atoms with van der Waals surface area (Å²) in [6, 6.07) is 2.73. The lowest BCUT2D eigenvalue weighted by molar-refractivity contribution is 0.146. The van der Waals surface area contributed by atoms with Crippen molar-refractivity contribution in [3.05, 3.63) is 29.6 Å². The summed E-state index contributed by atoms with van der Waals surface area (Å²) in [6.07, 6.45) is 0.200. The summed E-state index contributed by atoms with van der Waals surface area (Å²) in [5.74, 6) is 0. The Kier molecular flexibility index (Phi) is 4.53. The van der Waals surface area contributed by atoms with E-state index in [9.17, 15) is 13.0 Å². The van der Waals surface area contributed by atoms with Crippen molar-refractivity contribution < 1.29 is 13.0 Å². The van der Waals surface area contributed by atoms with Gasteiger partial charge in [-0.3, -0.25) is 4.98 Å². The molecule has 0 aromatic carbocycles. The van der Waals surface area contributed by atoms with Crippen molar-refractivity contribution in [1.82, 2.24) is 4.98 Å². The third-order valence-electron chi connectivity index (χ3n) is 2.49. The summed E-state index contributed by atoms with van der Waals surface area (Å²) in [5.41, 5.74) is 5.55. The van der Waals surface area contributed by atoms with E-state index in [1.54, 1.807) is 6.92 Å². The van der Waals surface area contributed by atoms with E-state index in [2.05, 4.69) is 9.35 Å². The average Bonchev–Trinajstić information content (AvgIpc) is 2.28. The predicted molar refractivity (Wildman–Crippen MR) is 63.2 cm³/mol. The zero-order valence-corrected chi connectivity index (χ0v) is 10.5. The second kappa shape index (κ2) is 5.50. The molecule has 0 aliphatic rings. The van der Waals surface area contributed by atoms with Crippen LogP contribution in [0.5, 0.6) is 0 Å². The average molecular weight is 263 g/mol. The first-order chi connectivity index (χ1) is 7.88. The van der Waals surface area contributed by atoms with E-state index in [1.807, 2.05) is 0 Å². The van der Waals surface area contributed by atoms with Crippen LogP contribution in [0, 0.1) is 0 Å². The maximum Gasteiger partial charge on any atom is 0.280 e. The standard InChI is InChI=1S/C10H15F2N3OS/c1-7(17(2,16)15-6-13)8-3-4-9(10(11)12)14-5-8/h3-5,7,10H,6,13H2,1-2H3. The zero-order chi connectivity index (χ0) is 13.1. The van der Waals surface area contributed by atoms with Crippen molar-refractivity contribution in [2.24, 2.45) is 10.1 Å². The summed E-state index contributed by atoms with van der Waals surface area (Å²) in [4.78, 5) is 3.62. The molecule has 4 nitrogen and oxygen atoms in total. The lowest BCUT2D eigenvalue weighted by atomic mass is 10.2. The molecular formula is C10H15F2N3OS. The van der Waals surface area contributed by atoms with Gasteiger partial charge in [-0.15, -0.1) is 0 Å². The molecule has 2 N–H and O–H groups in total. The molecule has 17 heavy (non-hydrogen) atoms. The van der Waals surface area contributed by atoms with Crippen LogP contribution in [0.4, 0.5) is 8.78 Å². The van der Waals surface area contributed by atoms with Gasteiger partial charge in [0.25, 0.3) is 6.43 Å².